The largest absolute Gasteiger partial charge is 0.354 e. The van der Waals surface area contributed by atoms with E-state index in [1.165, 1.54) is 0 Å². The number of thiophene rings is 1. The molecule has 0 N–H and O–H groups in total. The van der Waals surface area contributed by atoms with Crippen molar-refractivity contribution >= 4 is 33.0 Å². The van der Waals surface area contributed by atoms with Gasteiger partial charge in [0.25, 0.3) is 0 Å². The minimum atomic E-state index is 0.390. The van der Waals surface area contributed by atoms with Gasteiger partial charge in [-0.1, -0.05) is 6.07 Å². The van der Waals surface area contributed by atoms with E-state index in [2.05, 4.69) is 40.9 Å². The standard InChI is InChI=1S/C15H12N6S/c1-2-5-21-12(3-1)18-19-13(21)10-7-20(8-10)14-11-4-6-22-15(11)17-9-16-14/h1-6,9-10H,7-8H2. The minimum Gasteiger partial charge on any atom is -0.354 e. The molecule has 4 aromatic heterocycles. The number of pyridine rings is 1. The number of hydrogen-bond donors (Lipinski definition) is 0. The SMILES string of the molecule is c1ccn2c(C3CN(c4ncnc5sccc45)C3)nnc2c1. The summed E-state index contributed by atoms with van der Waals surface area (Å²) in [6, 6.07) is 8.06. The lowest BCUT2D eigenvalue weighted by molar-refractivity contribution is 0.494. The van der Waals surface area contributed by atoms with Crippen LogP contribution in [0.5, 0.6) is 0 Å². The number of hydrogen-bond acceptors (Lipinski definition) is 6. The van der Waals surface area contributed by atoms with Crippen molar-refractivity contribution in [2.24, 2.45) is 0 Å². The summed E-state index contributed by atoms with van der Waals surface area (Å²) in [5, 5.41) is 11.8. The number of anilines is 1. The topological polar surface area (TPSA) is 59.2 Å². The Morgan fingerprint density at radius 1 is 1.09 bits per heavy atom. The Bertz CT molecular complexity index is 968. The van der Waals surface area contributed by atoms with Crippen LogP contribution in [-0.2, 0) is 0 Å². The minimum absolute atomic E-state index is 0.390. The van der Waals surface area contributed by atoms with Gasteiger partial charge < -0.3 is 4.90 Å². The van der Waals surface area contributed by atoms with Gasteiger partial charge in [-0.25, -0.2) is 9.97 Å². The van der Waals surface area contributed by atoms with Gasteiger partial charge in [0.15, 0.2) is 5.65 Å². The molecule has 0 atom stereocenters. The van der Waals surface area contributed by atoms with Crippen molar-refractivity contribution in [3.63, 3.8) is 0 Å². The predicted octanol–water partition coefficient (Wildman–Crippen LogP) is 2.34. The highest BCUT2D eigenvalue weighted by molar-refractivity contribution is 7.16. The molecular weight excluding hydrogens is 296 g/mol. The zero-order chi connectivity index (χ0) is 14.5. The highest BCUT2D eigenvalue weighted by atomic mass is 32.1. The fourth-order valence-electron chi connectivity index (χ4n) is 2.98. The lowest BCUT2D eigenvalue weighted by atomic mass is 9.99. The van der Waals surface area contributed by atoms with Crippen molar-refractivity contribution in [3.8, 4) is 0 Å². The lowest BCUT2D eigenvalue weighted by Gasteiger charge is -2.39. The molecule has 0 spiro atoms. The van der Waals surface area contributed by atoms with Crippen molar-refractivity contribution in [1.29, 1.82) is 0 Å². The van der Waals surface area contributed by atoms with E-state index in [4.69, 9.17) is 0 Å². The maximum absolute atomic E-state index is 4.46. The molecule has 0 radical (unpaired) electrons. The van der Waals surface area contributed by atoms with Crippen molar-refractivity contribution in [2.45, 2.75) is 5.92 Å². The van der Waals surface area contributed by atoms with E-state index in [0.29, 0.717) is 5.92 Å². The van der Waals surface area contributed by atoms with Crippen molar-refractivity contribution in [3.05, 3.63) is 48.0 Å². The summed E-state index contributed by atoms with van der Waals surface area (Å²) in [4.78, 5) is 12.1. The first kappa shape index (κ1) is 12.0. The molecular formula is C15H12N6S. The number of fused-ring (bicyclic) bond motifs is 2. The average molecular weight is 308 g/mol. The van der Waals surface area contributed by atoms with Gasteiger partial charge in [-0.3, -0.25) is 4.40 Å². The predicted molar refractivity (Wildman–Crippen MR) is 85.4 cm³/mol. The summed E-state index contributed by atoms with van der Waals surface area (Å²) in [5.74, 6) is 2.44. The van der Waals surface area contributed by atoms with Gasteiger partial charge in [-0.15, -0.1) is 21.5 Å². The molecule has 1 fully saturated rings. The van der Waals surface area contributed by atoms with Crippen LogP contribution < -0.4 is 4.90 Å². The summed E-state index contributed by atoms with van der Waals surface area (Å²) in [6.07, 6.45) is 3.67. The van der Waals surface area contributed by atoms with Gasteiger partial charge in [0.2, 0.25) is 0 Å². The van der Waals surface area contributed by atoms with Crippen LogP contribution in [0.15, 0.2) is 42.2 Å². The second-order valence-electron chi connectivity index (χ2n) is 5.43. The van der Waals surface area contributed by atoms with Gasteiger partial charge in [-0.2, -0.15) is 0 Å². The third-order valence-corrected chi connectivity index (χ3v) is 4.95. The highest BCUT2D eigenvalue weighted by Gasteiger charge is 2.33. The molecule has 0 amide bonds. The van der Waals surface area contributed by atoms with Crippen LogP contribution in [0.25, 0.3) is 15.9 Å². The van der Waals surface area contributed by atoms with E-state index in [9.17, 15) is 0 Å². The molecule has 5 rings (SSSR count). The Morgan fingerprint density at radius 3 is 3.00 bits per heavy atom. The molecule has 5 heterocycles. The lowest BCUT2D eigenvalue weighted by Crippen LogP contribution is -2.46. The molecule has 1 aliphatic heterocycles. The molecule has 0 bridgehead atoms. The van der Waals surface area contributed by atoms with Gasteiger partial charge in [0, 0.05) is 19.3 Å². The van der Waals surface area contributed by atoms with E-state index >= 15 is 0 Å². The second-order valence-corrected chi connectivity index (χ2v) is 6.32. The molecule has 1 saturated heterocycles. The Morgan fingerprint density at radius 2 is 2.05 bits per heavy atom. The first-order valence-corrected chi connectivity index (χ1v) is 8.01. The first-order valence-electron chi connectivity index (χ1n) is 7.13. The van der Waals surface area contributed by atoms with Gasteiger partial charge in [0.05, 0.1) is 11.3 Å². The zero-order valence-corrected chi connectivity index (χ0v) is 12.4. The summed E-state index contributed by atoms with van der Waals surface area (Å²) in [6.45, 7) is 1.83. The van der Waals surface area contributed by atoms with Crippen LogP contribution in [0.4, 0.5) is 5.82 Å². The Labute approximate surface area is 130 Å². The molecule has 0 aromatic carbocycles. The maximum atomic E-state index is 4.46. The maximum Gasteiger partial charge on any atom is 0.160 e. The number of aromatic nitrogens is 5. The van der Waals surface area contributed by atoms with Gasteiger partial charge >= 0.3 is 0 Å². The monoisotopic (exact) mass is 308 g/mol. The molecule has 4 aromatic rings. The summed E-state index contributed by atoms with van der Waals surface area (Å²) >= 11 is 1.65. The van der Waals surface area contributed by atoms with E-state index in [1.807, 2.05) is 24.4 Å². The number of rotatable bonds is 2. The molecule has 0 unspecified atom stereocenters. The van der Waals surface area contributed by atoms with Crippen molar-refractivity contribution in [1.82, 2.24) is 24.6 Å². The summed E-state index contributed by atoms with van der Waals surface area (Å²) < 4.78 is 2.07. The summed E-state index contributed by atoms with van der Waals surface area (Å²) in [5.41, 5.74) is 0.901. The van der Waals surface area contributed by atoms with Gasteiger partial charge in [-0.05, 0) is 23.6 Å². The van der Waals surface area contributed by atoms with E-state index in [1.54, 1.807) is 17.7 Å². The smallest absolute Gasteiger partial charge is 0.160 e. The highest BCUT2D eigenvalue weighted by Crippen LogP contribution is 2.34. The van der Waals surface area contributed by atoms with Crippen molar-refractivity contribution < 1.29 is 0 Å². The third-order valence-electron chi connectivity index (χ3n) is 4.13. The summed E-state index contributed by atoms with van der Waals surface area (Å²) in [7, 11) is 0. The molecule has 0 aliphatic carbocycles. The fourth-order valence-corrected chi connectivity index (χ4v) is 3.71. The van der Waals surface area contributed by atoms with Gasteiger partial charge in [0.1, 0.15) is 22.8 Å². The molecule has 0 saturated carbocycles. The quantitative estimate of drug-likeness (QED) is 0.569. The van der Waals surface area contributed by atoms with Crippen LogP contribution in [0.3, 0.4) is 0 Å². The van der Waals surface area contributed by atoms with Crippen molar-refractivity contribution in [2.75, 3.05) is 18.0 Å². The average Bonchev–Trinajstić information content (AvgIpc) is 3.13. The van der Waals surface area contributed by atoms with Crippen LogP contribution in [0.2, 0.25) is 0 Å². The Kier molecular flexibility index (Phi) is 2.45. The Balaban J connectivity index is 1.46. The van der Waals surface area contributed by atoms with E-state index < -0.39 is 0 Å². The second kappa shape index (κ2) is 4.48. The fraction of sp³-hybridized carbons (Fsp3) is 0.200. The first-order chi connectivity index (χ1) is 10.9. The van der Waals surface area contributed by atoms with Crippen LogP contribution in [0.1, 0.15) is 11.7 Å². The van der Waals surface area contributed by atoms with E-state index in [0.717, 1.165) is 40.6 Å². The third kappa shape index (κ3) is 1.66. The molecule has 108 valence electrons. The van der Waals surface area contributed by atoms with Crippen LogP contribution in [-0.4, -0.2) is 37.7 Å². The van der Waals surface area contributed by atoms with Crippen LogP contribution in [0, 0.1) is 0 Å². The molecule has 6 nitrogen and oxygen atoms in total. The van der Waals surface area contributed by atoms with Crippen LogP contribution >= 0.6 is 11.3 Å². The Hall–Kier alpha value is -2.54. The number of nitrogens with zero attached hydrogens (tertiary/aromatic N) is 6. The van der Waals surface area contributed by atoms with E-state index in [-0.39, 0.29) is 0 Å². The zero-order valence-electron chi connectivity index (χ0n) is 11.6. The molecule has 22 heavy (non-hydrogen) atoms. The molecule has 1 aliphatic rings. The normalized spacial score (nSPS) is 15.5. The molecule has 7 heteroatoms.